The minimum absolute atomic E-state index is 0.00806. The Morgan fingerprint density at radius 2 is 1.81 bits per heavy atom. The van der Waals surface area contributed by atoms with Crippen LogP contribution in [0.4, 0.5) is 0 Å². The molecule has 0 bridgehead atoms. The number of carbonyl (C=O) groups excluding carboxylic acids is 2. The van der Waals surface area contributed by atoms with Crippen LogP contribution in [0, 0.1) is 0 Å². The smallest absolute Gasteiger partial charge is 0.224 e. The molecule has 1 unspecified atom stereocenters. The SMILES string of the molecule is COC1=C(OC)C23CCc4ccc(OC)c(O)c4[C@@]2(CC1=O)CC(=O)N3C. The maximum absolute atomic E-state index is 13.0. The maximum atomic E-state index is 13.0. The summed E-state index contributed by atoms with van der Waals surface area (Å²) in [5.41, 5.74) is -0.259. The molecule has 27 heavy (non-hydrogen) atoms. The molecule has 144 valence electrons. The zero-order valence-corrected chi connectivity index (χ0v) is 15.9. The number of hydrogen-bond acceptors (Lipinski definition) is 6. The molecule has 1 fully saturated rings. The Morgan fingerprint density at radius 3 is 2.44 bits per heavy atom. The topological polar surface area (TPSA) is 85.3 Å². The summed E-state index contributed by atoms with van der Waals surface area (Å²) in [5, 5.41) is 11.0. The van der Waals surface area contributed by atoms with E-state index in [0.717, 1.165) is 5.56 Å². The fourth-order valence-corrected chi connectivity index (χ4v) is 5.51. The minimum atomic E-state index is -0.921. The van der Waals surface area contributed by atoms with Crippen LogP contribution in [-0.4, -0.2) is 55.6 Å². The van der Waals surface area contributed by atoms with E-state index in [1.165, 1.54) is 21.3 Å². The number of hydrogen-bond donors (Lipinski definition) is 1. The van der Waals surface area contributed by atoms with Gasteiger partial charge >= 0.3 is 0 Å². The predicted octanol–water partition coefficient (Wildman–Crippen LogP) is 1.66. The van der Waals surface area contributed by atoms with E-state index in [4.69, 9.17) is 14.2 Å². The Labute approximate surface area is 157 Å². The van der Waals surface area contributed by atoms with E-state index in [1.54, 1.807) is 18.0 Å². The average molecular weight is 373 g/mol. The van der Waals surface area contributed by atoms with Gasteiger partial charge in [-0.3, -0.25) is 9.59 Å². The van der Waals surface area contributed by atoms with Gasteiger partial charge in [0.05, 0.1) is 21.3 Å². The van der Waals surface area contributed by atoms with Crippen LogP contribution in [0.5, 0.6) is 11.5 Å². The van der Waals surface area contributed by atoms with Crippen molar-refractivity contribution < 1.29 is 28.9 Å². The number of aryl methyl sites for hydroxylation is 1. The van der Waals surface area contributed by atoms with E-state index in [1.807, 2.05) is 6.07 Å². The predicted molar refractivity (Wildman–Crippen MR) is 95.4 cm³/mol. The monoisotopic (exact) mass is 373 g/mol. The number of benzene rings is 1. The van der Waals surface area contributed by atoms with Crippen molar-refractivity contribution in [1.82, 2.24) is 4.90 Å². The maximum Gasteiger partial charge on any atom is 0.224 e. The van der Waals surface area contributed by atoms with Crippen LogP contribution in [0.25, 0.3) is 0 Å². The second kappa shape index (κ2) is 5.65. The van der Waals surface area contributed by atoms with Crippen molar-refractivity contribution >= 4 is 11.7 Å². The molecule has 4 rings (SSSR count). The van der Waals surface area contributed by atoms with Crippen molar-refractivity contribution in [3.8, 4) is 11.5 Å². The number of ether oxygens (including phenoxy) is 3. The van der Waals surface area contributed by atoms with Crippen molar-refractivity contribution in [2.45, 2.75) is 36.6 Å². The van der Waals surface area contributed by atoms with Crippen LogP contribution in [0.1, 0.15) is 30.4 Å². The molecule has 2 aliphatic carbocycles. The highest BCUT2D eigenvalue weighted by Crippen LogP contribution is 2.64. The van der Waals surface area contributed by atoms with Crippen molar-refractivity contribution in [1.29, 1.82) is 0 Å². The number of Topliss-reactive ketones (excluding diaryl/α,β-unsaturated/α-hetero) is 1. The Morgan fingerprint density at radius 1 is 1.07 bits per heavy atom. The van der Waals surface area contributed by atoms with Crippen LogP contribution < -0.4 is 4.74 Å². The molecule has 7 heteroatoms. The molecule has 2 atom stereocenters. The van der Waals surface area contributed by atoms with Crippen molar-refractivity contribution in [3.63, 3.8) is 0 Å². The summed E-state index contributed by atoms with van der Waals surface area (Å²) in [6.07, 6.45) is 1.39. The second-order valence-electron chi connectivity index (χ2n) is 7.39. The molecule has 1 saturated heterocycles. The van der Waals surface area contributed by atoms with Crippen LogP contribution in [0.2, 0.25) is 0 Å². The Hall–Kier alpha value is -2.70. The number of methoxy groups -OCH3 is 3. The van der Waals surface area contributed by atoms with Gasteiger partial charge in [0.1, 0.15) is 5.54 Å². The number of likely N-dealkylation sites (N-methyl/N-ethyl adjacent to an activating group) is 1. The highest BCUT2D eigenvalue weighted by atomic mass is 16.5. The van der Waals surface area contributed by atoms with Gasteiger partial charge in [-0.1, -0.05) is 6.07 Å². The van der Waals surface area contributed by atoms with E-state index in [2.05, 4.69) is 0 Å². The number of fused-ring (bicyclic) bond motifs is 1. The Balaban J connectivity index is 2.11. The zero-order valence-electron chi connectivity index (χ0n) is 15.9. The summed E-state index contributed by atoms with van der Waals surface area (Å²) >= 11 is 0. The summed E-state index contributed by atoms with van der Waals surface area (Å²) < 4.78 is 16.4. The van der Waals surface area contributed by atoms with E-state index in [9.17, 15) is 14.7 Å². The van der Waals surface area contributed by atoms with Gasteiger partial charge < -0.3 is 24.2 Å². The highest BCUT2D eigenvalue weighted by molar-refractivity contribution is 6.00. The normalized spacial score (nSPS) is 29.3. The Bertz CT molecular complexity index is 891. The number of ketones is 1. The second-order valence-corrected chi connectivity index (χ2v) is 7.39. The van der Waals surface area contributed by atoms with Gasteiger partial charge in [-0.2, -0.15) is 0 Å². The standard InChI is InChI=1S/C20H23NO6/c1-21-14(23)10-19-9-12(22)17(26-3)18(27-4)20(19,21)8-7-11-5-6-13(25-2)16(24)15(11)19/h5-6,24H,7-10H2,1-4H3/t19-,20?/m1/s1. The fourth-order valence-electron chi connectivity index (χ4n) is 5.51. The van der Waals surface area contributed by atoms with Gasteiger partial charge in [0, 0.05) is 30.9 Å². The average Bonchev–Trinajstić information content (AvgIpc) is 2.88. The number of aromatic hydroxyl groups is 1. The van der Waals surface area contributed by atoms with Crippen LogP contribution >= 0.6 is 0 Å². The number of allylic oxidation sites excluding steroid dienone is 1. The van der Waals surface area contributed by atoms with Gasteiger partial charge in [0.15, 0.2) is 17.3 Å². The third-order valence-corrected chi connectivity index (χ3v) is 6.58. The number of amides is 1. The third-order valence-electron chi connectivity index (χ3n) is 6.58. The molecule has 7 nitrogen and oxygen atoms in total. The van der Waals surface area contributed by atoms with Gasteiger partial charge in [-0.15, -0.1) is 0 Å². The largest absolute Gasteiger partial charge is 0.504 e. The first kappa shape index (κ1) is 17.7. The number of phenols is 1. The van der Waals surface area contributed by atoms with Crippen molar-refractivity contribution in [2.75, 3.05) is 28.4 Å². The van der Waals surface area contributed by atoms with Gasteiger partial charge in [-0.25, -0.2) is 0 Å². The minimum Gasteiger partial charge on any atom is -0.504 e. The molecule has 3 aliphatic rings. The summed E-state index contributed by atoms with van der Waals surface area (Å²) in [6, 6.07) is 3.62. The van der Waals surface area contributed by atoms with Crippen LogP contribution in [0.3, 0.4) is 0 Å². The number of carbonyl (C=O) groups is 2. The molecule has 1 aliphatic heterocycles. The molecule has 1 aromatic carbocycles. The van der Waals surface area contributed by atoms with E-state index < -0.39 is 11.0 Å². The lowest BCUT2D eigenvalue weighted by atomic mass is 9.53. The van der Waals surface area contributed by atoms with E-state index >= 15 is 0 Å². The first-order valence-corrected chi connectivity index (χ1v) is 8.90. The molecule has 1 aromatic rings. The van der Waals surface area contributed by atoms with Crippen LogP contribution in [-0.2, 0) is 30.9 Å². The summed E-state index contributed by atoms with van der Waals surface area (Å²) in [4.78, 5) is 27.6. The third kappa shape index (κ3) is 1.86. The molecule has 0 spiro atoms. The molecule has 0 radical (unpaired) electrons. The summed E-state index contributed by atoms with van der Waals surface area (Å²) in [6.45, 7) is 0. The number of nitrogens with zero attached hydrogens (tertiary/aromatic N) is 1. The van der Waals surface area contributed by atoms with E-state index in [-0.39, 0.29) is 36.0 Å². The number of likely N-dealkylation sites (tertiary alicyclic amines) is 1. The molecular weight excluding hydrogens is 350 g/mol. The molecule has 1 heterocycles. The molecule has 1 amide bonds. The highest BCUT2D eigenvalue weighted by Gasteiger charge is 2.71. The van der Waals surface area contributed by atoms with Gasteiger partial charge in [-0.05, 0) is 24.5 Å². The number of phenolic OH excluding ortho intramolecular Hbond substituents is 1. The van der Waals surface area contributed by atoms with Crippen molar-refractivity contribution in [3.05, 3.63) is 34.8 Å². The fraction of sp³-hybridized carbons (Fsp3) is 0.500. The van der Waals surface area contributed by atoms with Gasteiger partial charge in [0.25, 0.3) is 0 Å². The molecule has 0 aromatic heterocycles. The van der Waals surface area contributed by atoms with Gasteiger partial charge in [0.2, 0.25) is 17.4 Å². The Kier molecular flexibility index (Phi) is 3.70. The quantitative estimate of drug-likeness (QED) is 0.867. The zero-order chi connectivity index (χ0) is 19.6. The first-order valence-electron chi connectivity index (χ1n) is 8.90. The summed E-state index contributed by atoms with van der Waals surface area (Å²) in [7, 11) is 6.14. The molecular formula is C20H23NO6. The van der Waals surface area contributed by atoms with Crippen LogP contribution in [0.15, 0.2) is 23.7 Å². The lowest BCUT2D eigenvalue weighted by Gasteiger charge is -2.54. The van der Waals surface area contributed by atoms with Crippen molar-refractivity contribution in [2.24, 2.45) is 0 Å². The molecule has 1 N–H and O–H groups in total. The number of rotatable bonds is 3. The lowest BCUT2D eigenvalue weighted by Crippen LogP contribution is -2.62. The summed E-state index contributed by atoms with van der Waals surface area (Å²) in [5.74, 6) is 0.510. The molecule has 0 saturated carbocycles. The van der Waals surface area contributed by atoms with E-state index in [0.29, 0.717) is 29.9 Å². The lowest BCUT2D eigenvalue weighted by molar-refractivity contribution is -0.131. The first-order chi connectivity index (χ1) is 12.9.